The lowest BCUT2D eigenvalue weighted by atomic mass is 10.1. The molecule has 0 spiro atoms. The number of rotatable bonds is 9. The minimum Gasteiger partial charge on any atom is -0.465 e. The Morgan fingerprint density at radius 2 is 1.33 bits per heavy atom. The van der Waals surface area contributed by atoms with Crippen LogP contribution < -0.4 is 0 Å². The normalized spacial score (nSPS) is 10.8. The van der Waals surface area contributed by atoms with Crippen molar-refractivity contribution < 1.29 is 29.3 Å². The van der Waals surface area contributed by atoms with Crippen molar-refractivity contribution in [2.24, 2.45) is 5.92 Å². The number of hydrogen-bond acceptors (Lipinski definition) is 6. The van der Waals surface area contributed by atoms with Crippen LogP contribution in [0.1, 0.15) is 39.5 Å². The summed E-state index contributed by atoms with van der Waals surface area (Å²) < 4.78 is 9.55. The zero-order chi connectivity index (χ0) is 14.0. The summed E-state index contributed by atoms with van der Waals surface area (Å²) in [5.41, 5.74) is 0. The first-order chi connectivity index (χ1) is 8.54. The molecule has 0 saturated carbocycles. The minimum atomic E-state index is -2.10. The van der Waals surface area contributed by atoms with Crippen molar-refractivity contribution in [2.45, 2.75) is 45.8 Å². The molecule has 0 atom stereocenters. The summed E-state index contributed by atoms with van der Waals surface area (Å²) in [5.74, 6) is -3.60. The first-order valence-electron chi connectivity index (χ1n) is 6.24. The van der Waals surface area contributed by atoms with Crippen LogP contribution in [0.2, 0.25) is 0 Å². The van der Waals surface area contributed by atoms with Crippen LogP contribution in [-0.4, -0.2) is 41.7 Å². The third kappa shape index (κ3) is 6.56. The molecule has 2 N–H and O–H groups in total. The lowest BCUT2D eigenvalue weighted by Gasteiger charge is -2.16. The topological polar surface area (TPSA) is 93.1 Å². The predicted octanol–water partition coefficient (Wildman–Crippen LogP) is 0.600. The highest BCUT2D eigenvalue weighted by Gasteiger charge is 2.35. The third-order valence-electron chi connectivity index (χ3n) is 2.29. The van der Waals surface area contributed by atoms with E-state index in [2.05, 4.69) is 0 Å². The van der Waals surface area contributed by atoms with Gasteiger partial charge in [0, 0.05) is 0 Å². The van der Waals surface area contributed by atoms with E-state index < -0.39 is 24.1 Å². The molecule has 0 saturated heterocycles. The number of carbonyl (C=O) groups is 2. The summed E-state index contributed by atoms with van der Waals surface area (Å²) in [6.45, 7) is 4.15. The smallest absolute Gasteiger partial charge is 0.325 e. The van der Waals surface area contributed by atoms with E-state index in [9.17, 15) is 9.59 Å². The van der Waals surface area contributed by atoms with E-state index in [1.54, 1.807) is 0 Å². The van der Waals surface area contributed by atoms with Crippen molar-refractivity contribution in [2.75, 3.05) is 13.2 Å². The molecule has 0 aliphatic heterocycles. The molecule has 0 aromatic rings. The maximum Gasteiger partial charge on any atom is 0.325 e. The highest BCUT2D eigenvalue weighted by atomic mass is 16.6. The minimum absolute atomic E-state index is 0.154. The van der Waals surface area contributed by atoms with Gasteiger partial charge >= 0.3 is 11.9 Å². The van der Waals surface area contributed by atoms with E-state index in [0.717, 1.165) is 12.8 Å². The molecule has 6 nitrogen and oxygen atoms in total. The molecule has 0 aliphatic carbocycles. The van der Waals surface area contributed by atoms with Gasteiger partial charge in [0.05, 0.1) is 13.2 Å². The second-order valence-electron chi connectivity index (χ2n) is 3.93. The fourth-order valence-electron chi connectivity index (χ4n) is 1.15. The average molecular weight is 262 g/mol. The molecule has 0 radical (unpaired) electrons. The maximum atomic E-state index is 11.5. The SMILES string of the molecule is CCCCOC(=O)C(C(=O)OCCCC)C(O)O. The molecule has 18 heavy (non-hydrogen) atoms. The van der Waals surface area contributed by atoms with Gasteiger partial charge < -0.3 is 19.7 Å². The zero-order valence-electron chi connectivity index (χ0n) is 10.9. The van der Waals surface area contributed by atoms with Gasteiger partial charge in [-0.15, -0.1) is 0 Å². The first kappa shape index (κ1) is 16.9. The maximum absolute atomic E-state index is 11.5. The number of aliphatic hydroxyl groups excluding tert-OH is 1. The van der Waals surface area contributed by atoms with Crippen molar-refractivity contribution in [3.63, 3.8) is 0 Å². The van der Waals surface area contributed by atoms with Crippen molar-refractivity contribution in [1.82, 2.24) is 0 Å². The summed E-state index contributed by atoms with van der Waals surface area (Å²) in [4.78, 5) is 23.0. The molecule has 0 rings (SSSR count). The van der Waals surface area contributed by atoms with Crippen molar-refractivity contribution in [3.8, 4) is 0 Å². The van der Waals surface area contributed by atoms with E-state index in [1.165, 1.54) is 0 Å². The fraction of sp³-hybridized carbons (Fsp3) is 0.833. The van der Waals surface area contributed by atoms with Crippen LogP contribution in [0.25, 0.3) is 0 Å². The zero-order valence-corrected chi connectivity index (χ0v) is 10.9. The second kappa shape index (κ2) is 9.85. The molecule has 0 aromatic carbocycles. The molecule has 0 aromatic heterocycles. The Morgan fingerprint density at radius 3 is 1.61 bits per heavy atom. The van der Waals surface area contributed by atoms with Gasteiger partial charge in [0.1, 0.15) is 0 Å². The summed E-state index contributed by atoms with van der Waals surface area (Å²) >= 11 is 0. The van der Waals surface area contributed by atoms with Crippen LogP contribution in [0.5, 0.6) is 0 Å². The van der Waals surface area contributed by atoms with Gasteiger partial charge in [0.25, 0.3) is 0 Å². The number of hydrogen-bond donors (Lipinski definition) is 2. The molecule has 0 amide bonds. The molecule has 0 bridgehead atoms. The monoisotopic (exact) mass is 262 g/mol. The Bertz CT molecular complexity index is 229. The Morgan fingerprint density at radius 1 is 0.944 bits per heavy atom. The van der Waals surface area contributed by atoms with Crippen LogP contribution in [0, 0.1) is 5.92 Å². The molecule has 6 heteroatoms. The Hall–Kier alpha value is -1.14. The molecule has 0 aliphatic rings. The molecule has 106 valence electrons. The number of aliphatic hydroxyl groups is 2. The van der Waals surface area contributed by atoms with Crippen LogP contribution in [0.4, 0.5) is 0 Å². The van der Waals surface area contributed by atoms with Crippen LogP contribution in [-0.2, 0) is 19.1 Å². The van der Waals surface area contributed by atoms with Crippen LogP contribution >= 0.6 is 0 Å². The standard InChI is InChI=1S/C12H22O6/c1-3-5-7-17-11(15)9(10(13)14)12(16)18-8-6-4-2/h9-10,13-14H,3-8H2,1-2H3. The fourth-order valence-corrected chi connectivity index (χ4v) is 1.15. The number of carbonyl (C=O) groups excluding carboxylic acids is 2. The first-order valence-corrected chi connectivity index (χ1v) is 6.24. The van der Waals surface area contributed by atoms with Crippen LogP contribution in [0.3, 0.4) is 0 Å². The number of unbranched alkanes of at least 4 members (excludes halogenated alkanes) is 2. The van der Waals surface area contributed by atoms with E-state index in [-0.39, 0.29) is 13.2 Å². The lowest BCUT2D eigenvalue weighted by Crippen LogP contribution is -2.37. The van der Waals surface area contributed by atoms with Crippen molar-refractivity contribution >= 4 is 11.9 Å². The van der Waals surface area contributed by atoms with Gasteiger partial charge in [-0.05, 0) is 12.8 Å². The Kier molecular flexibility index (Phi) is 9.22. The molecule has 0 heterocycles. The molecular formula is C12H22O6. The molecule has 0 unspecified atom stereocenters. The Labute approximate surface area is 107 Å². The third-order valence-corrected chi connectivity index (χ3v) is 2.29. The molecular weight excluding hydrogens is 240 g/mol. The predicted molar refractivity (Wildman–Crippen MR) is 63.4 cm³/mol. The highest BCUT2D eigenvalue weighted by Crippen LogP contribution is 2.09. The van der Waals surface area contributed by atoms with E-state index in [4.69, 9.17) is 19.7 Å². The van der Waals surface area contributed by atoms with Gasteiger partial charge in [0.15, 0.2) is 6.29 Å². The molecule has 0 fully saturated rings. The van der Waals surface area contributed by atoms with E-state index in [1.807, 2.05) is 13.8 Å². The highest BCUT2D eigenvalue weighted by molar-refractivity contribution is 5.95. The number of ether oxygens (including phenoxy) is 2. The van der Waals surface area contributed by atoms with E-state index >= 15 is 0 Å². The Balaban J connectivity index is 4.27. The summed E-state index contributed by atoms with van der Waals surface area (Å²) in [5, 5.41) is 18.0. The quantitative estimate of drug-likeness (QED) is 0.273. The van der Waals surface area contributed by atoms with E-state index in [0.29, 0.717) is 12.8 Å². The second-order valence-corrected chi connectivity index (χ2v) is 3.93. The van der Waals surface area contributed by atoms with Crippen LogP contribution in [0.15, 0.2) is 0 Å². The van der Waals surface area contributed by atoms with Gasteiger partial charge in [-0.25, -0.2) is 0 Å². The largest absolute Gasteiger partial charge is 0.465 e. The summed E-state index contributed by atoms with van der Waals surface area (Å²) in [6, 6.07) is 0. The van der Waals surface area contributed by atoms with Crippen molar-refractivity contribution in [3.05, 3.63) is 0 Å². The van der Waals surface area contributed by atoms with Gasteiger partial charge in [-0.2, -0.15) is 0 Å². The average Bonchev–Trinajstić information content (AvgIpc) is 2.29. The lowest BCUT2D eigenvalue weighted by molar-refractivity contribution is -0.181. The summed E-state index contributed by atoms with van der Waals surface area (Å²) in [6.07, 6.45) is 0.880. The van der Waals surface area contributed by atoms with Gasteiger partial charge in [-0.3, -0.25) is 9.59 Å². The number of esters is 2. The van der Waals surface area contributed by atoms with Crippen molar-refractivity contribution in [1.29, 1.82) is 0 Å². The van der Waals surface area contributed by atoms with Gasteiger partial charge in [0.2, 0.25) is 5.92 Å². The van der Waals surface area contributed by atoms with Gasteiger partial charge in [-0.1, -0.05) is 26.7 Å². The summed E-state index contributed by atoms with van der Waals surface area (Å²) in [7, 11) is 0.